The van der Waals surface area contributed by atoms with Gasteiger partial charge in [-0.1, -0.05) is 0 Å². The summed E-state index contributed by atoms with van der Waals surface area (Å²) in [6.45, 7) is 2.29. The lowest BCUT2D eigenvalue weighted by Crippen LogP contribution is -2.46. The van der Waals surface area contributed by atoms with E-state index in [1.54, 1.807) is 0 Å². The molecule has 1 fully saturated rings. The number of fused-ring (bicyclic) bond motifs is 1. The molecule has 6 nitrogen and oxygen atoms in total. The Kier molecular flexibility index (Phi) is 4.26. The molecule has 1 aromatic heterocycles. The van der Waals surface area contributed by atoms with Crippen molar-refractivity contribution >= 4 is 5.91 Å². The molecule has 116 valence electrons. The van der Waals surface area contributed by atoms with E-state index in [9.17, 15) is 4.79 Å². The van der Waals surface area contributed by atoms with Crippen LogP contribution in [0, 0.1) is 0 Å². The zero-order valence-electron chi connectivity index (χ0n) is 12.7. The largest absolute Gasteiger partial charge is 0.369 e. The van der Waals surface area contributed by atoms with E-state index in [0.717, 1.165) is 32.4 Å². The number of rotatable bonds is 4. The van der Waals surface area contributed by atoms with Gasteiger partial charge in [-0.3, -0.25) is 14.4 Å². The van der Waals surface area contributed by atoms with Crippen LogP contribution in [0.15, 0.2) is 6.20 Å². The summed E-state index contributed by atoms with van der Waals surface area (Å²) in [6, 6.07) is 0.973. The van der Waals surface area contributed by atoms with Crippen LogP contribution in [0.3, 0.4) is 0 Å². The first kappa shape index (κ1) is 14.5. The van der Waals surface area contributed by atoms with Crippen LogP contribution in [0.5, 0.6) is 0 Å². The van der Waals surface area contributed by atoms with Crippen molar-refractivity contribution in [1.29, 1.82) is 0 Å². The number of nitrogens with zero attached hydrogens (tertiary/aromatic N) is 3. The van der Waals surface area contributed by atoms with Gasteiger partial charge in [-0.25, -0.2) is 0 Å². The van der Waals surface area contributed by atoms with Crippen molar-refractivity contribution in [1.82, 2.24) is 20.0 Å². The fraction of sp³-hybridized carbons (Fsp3) is 0.733. The van der Waals surface area contributed by atoms with Crippen LogP contribution in [0.2, 0.25) is 0 Å². The van der Waals surface area contributed by atoms with Gasteiger partial charge >= 0.3 is 0 Å². The summed E-state index contributed by atoms with van der Waals surface area (Å²) in [5, 5.41) is 8.21. The molecule has 1 aliphatic heterocycles. The molecule has 1 saturated heterocycles. The van der Waals surface area contributed by atoms with Gasteiger partial charge < -0.3 is 11.1 Å². The van der Waals surface area contributed by atoms with Crippen molar-refractivity contribution < 1.29 is 4.79 Å². The second-order valence-electron chi connectivity index (χ2n) is 6.30. The second-order valence-corrected chi connectivity index (χ2v) is 6.30. The number of primary amides is 1. The second kappa shape index (κ2) is 6.15. The van der Waals surface area contributed by atoms with E-state index >= 15 is 0 Å². The minimum Gasteiger partial charge on any atom is -0.369 e. The molecule has 2 heterocycles. The number of carbonyl (C=O) groups is 1. The van der Waals surface area contributed by atoms with Crippen molar-refractivity contribution in [2.75, 3.05) is 19.6 Å². The van der Waals surface area contributed by atoms with Crippen LogP contribution in [0.25, 0.3) is 0 Å². The van der Waals surface area contributed by atoms with E-state index in [1.807, 2.05) is 17.9 Å². The molecule has 2 aliphatic rings. The van der Waals surface area contributed by atoms with Gasteiger partial charge in [0.15, 0.2) is 0 Å². The third-order valence-electron chi connectivity index (χ3n) is 4.78. The molecule has 21 heavy (non-hydrogen) atoms. The zero-order chi connectivity index (χ0) is 14.8. The monoisotopic (exact) mass is 291 g/mol. The van der Waals surface area contributed by atoms with Crippen molar-refractivity contribution in [3.63, 3.8) is 0 Å². The number of hydrogen-bond donors (Lipinski definition) is 2. The quantitative estimate of drug-likeness (QED) is 0.838. The van der Waals surface area contributed by atoms with Crippen LogP contribution in [0.1, 0.15) is 43.0 Å². The molecule has 0 radical (unpaired) electrons. The smallest absolute Gasteiger partial charge is 0.231 e. The van der Waals surface area contributed by atoms with Gasteiger partial charge in [-0.2, -0.15) is 5.10 Å². The Morgan fingerprint density at radius 2 is 2.19 bits per heavy atom. The zero-order valence-corrected chi connectivity index (χ0v) is 12.7. The number of aromatic nitrogens is 2. The topological polar surface area (TPSA) is 76.2 Å². The Bertz CT molecular complexity index is 504. The summed E-state index contributed by atoms with van der Waals surface area (Å²) < 4.78 is 2.01. The molecule has 3 rings (SSSR count). The standard InChI is InChI=1S/C15H25N5O/c1-19-14-4-2-3-13(12(14)9-17-19)18-11-5-7-20(8-6-11)10-15(16)21/h9,11,13,18H,2-8,10H2,1H3,(H2,16,21). The number of aryl methyl sites for hydroxylation is 1. The van der Waals surface area contributed by atoms with Gasteiger partial charge in [-0.15, -0.1) is 0 Å². The average Bonchev–Trinajstić information content (AvgIpc) is 2.83. The third-order valence-corrected chi connectivity index (χ3v) is 4.78. The Morgan fingerprint density at radius 3 is 2.90 bits per heavy atom. The number of amides is 1. The van der Waals surface area contributed by atoms with E-state index in [0.29, 0.717) is 18.6 Å². The lowest BCUT2D eigenvalue weighted by atomic mass is 9.91. The highest BCUT2D eigenvalue weighted by molar-refractivity contribution is 5.75. The number of likely N-dealkylation sites (tertiary alicyclic amines) is 1. The van der Waals surface area contributed by atoms with E-state index in [4.69, 9.17) is 5.73 Å². The summed E-state index contributed by atoms with van der Waals surface area (Å²) in [5.74, 6) is -0.228. The molecule has 1 aromatic rings. The molecule has 6 heteroatoms. The SMILES string of the molecule is Cn1ncc2c1CCCC2NC1CCN(CC(N)=O)CC1. The van der Waals surface area contributed by atoms with Crippen LogP contribution in [-0.2, 0) is 18.3 Å². The van der Waals surface area contributed by atoms with Crippen molar-refractivity contribution in [3.8, 4) is 0 Å². The number of carbonyl (C=O) groups excluding carboxylic acids is 1. The van der Waals surface area contributed by atoms with Crippen molar-refractivity contribution in [3.05, 3.63) is 17.5 Å². The Balaban J connectivity index is 1.55. The average molecular weight is 291 g/mol. The van der Waals surface area contributed by atoms with Crippen LogP contribution >= 0.6 is 0 Å². The molecule has 0 aromatic carbocycles. The highest BCUT2D eigenvalue weighted by atomic mass is 16.1. The molecule has 1 aliphatic carbocycles. The fourth-order valence-corrected chi connectivity index (χ4v) is 3.64. The predicted molar refractivity (Wildman–Crippen MR) is 80.7 cm³/mol. The minimum absolute atomic E-state index is 0.228. The van der Waals surface area contributed by atoms with Gasteiger partial charge in [0.2, 0.25) is 5.91 Å². The van der Waals surface area contributed by atoms with Gasteiger partial charge in [0.1, 0.15) is 0 Å². The van der Waals surface area contributed by atoms with E-state index in [-0.39, 0.29) is 5.91 Å². The lowest BCUT2D eigenvalue weighted by Gasteiger charge is -2.35. The van der Waals surface area contributed by atoms with Crippen LogP contribution in [-0.4, -0.2) is 46.3 Å². The predicted octanol–water partition coefficient (Wildman–Crippen LogP) is 0.337. The number of piperidine rings is 1. The normalized spacial score (nSPS) is 24.0. The number of nitrogens with one attached hydrogen (secondary N) is 1. The van der Waals surface area contributed by atoms with Crippen LogP contribution in [0.4, 0.5) is 0 Å². The van der Waals surface area contributed by atoms with Crippen molar-refractivity contribution in [2.24, 2.45) is 12.8 Å². The Morgan fingerprint density at radius 1 is 1.43 bits per heavy atom. The Hall–Kier alpha value is -1.40. The van der Waals surface area contributed by atoms with Crippen molar-refractivity contribution in [2.45, 2.75) is 44.2 Å². The van der Waals surface area contributed by atoms with E-state index in [2.05, 4.69) is 15.3 Å². The number of nitrogens with two attached hydrogens (primary N) is 1. The summed E-state index contributed by atoms with van der Waals surface area (Å²) in [5.41, 5.74) is 8.01. The molecular weight excluding hydrogens is 266 g/mol. The number of hydrogen-bond acceptors (Lipinski definition) is 4. The Labute approximate surface area is 125 Å². The first-order valence-corrected chi connectivity index (χ1v) is 7.91. The van der Waals surface area contributed by atoms with Crippen LogP contribution < -0.4 is 11.1 Å². The molecule has 0 bridgehead atoms. The highest BCUT2D eigenvalue weighted by Gasteiger charge is 2.27. The van der Waals surface area contributed by atoms with Gasteiger partial charge in [0.05, 0.1) is 12.7 Å². The van der Waals surface area contributed by atoms with Gasteiger partial charge in [0, 0.05) is 43.5 Å². The molecular formula is C15H25N5O. The van der Waals surface area contributed by atoms with E-state index in [1.165, 1.54) is 24.1 Å². The first-order chi connectivity index (χ1) is 10.1. The molecule has 0 spiro atoms. The minimum atomic E-state index is -0.228. The van der Waals surface area contributed by atoms with E-state index < -0.39 is 0 Å². The third kappa shape index (κ3) is 3.27. The maximum Gasteiger partial charge on any atom is 0.231 e. The fourth-order valence-electron chi connectivity index (χ4n) is 3.64. The molecule has 1 unspecified atom stereocenters. The summed E-state index contributed by atoms with van der Waals surface area (Å²) in [4.78, 5) is 13.1. The summed E-state index contributed by atoms with van der Waals surface area (Å²) in [6.07, 6.45) is 7.75. The van der Waals surface area contributed by atoms with Gasteiger partial charge in [0.25, 0.3) is 0 Å². The molecule has 1 amide bonds. The maximum atomic E-state index is 11.0. The molecule has 3 N–H and O–H groups in total. The maximum absolute atomic E-state index is 11.0. The summed E-state index contributed by atoms with van der Waals surface area (Å²) >= 11 is 0. The lowest BCUT2D eigenvalue weighted by molar-refractivity contribution is -0.119. The van der Waals surface area contributed by atoms with Gasteiger partial charge in [-0.05, 0) is 32.1 Å². The first-order valence-electron chi connectivity index (χ1n) is 7.91. The highest BCUT2D eigenvalue weighted by Crippen LogP contribution is 2.30. The summed E-state index contributed by atoms with van der Waals surface area (Å²) in [7, 11) is 2.03. The molecule has 1 atom stereocenters. The molecule has 0 saturated carbocycles.